The first kappa shape index (κ1) is 13.2. The van der Waals surface area contributed by atoms with Gasteiger partial charge in [0.05, 0.1) is 0 Å². The van der Waals surface area contributed by atoms with Crippen LogP contribution in [0.4, 0.5) is 0 Å². The highest BCUT2D eigenvalue weighted by molar-refractivity contribution is 5.32. The van der Waals surface area contributed by atoms with Gasteiger partial charge in [-0.3, -0.25) is 0 Å². The van der Waals surface area contributed by atoms with E-state index in [0.717, 1.165) is 6.42 Å². The van der Waals surface area contributed by atoms with Gasteiger partial charge in [0, 0.05) is 24.0 Å². The van der Waals surface area contributed by atoms with Crippen molar-refractivity contribution in [2.75, 3.05) is 0 Å². The van der Waals surface area contributed by atoms with Crippen molar-refractivity contribution in [1.29, 1.82) is 0 Å². The SMILES string of the molecule is Cc1cc2c(n1CC1(C)CCCCC1)CCCC2N. The third-order valence-electron chi connectivity index (χ3n) is 5.38. The molecular weight excluding hydrogens is 232 g/mol. The molecule has 0 radical (unpaired) electrons. The molecule has 1 unspecified atom stereocenters. The zero-order valence-electron chi connectivity index (χ0n) is 12.5. The van der Waals surface area contributed by atoms with Crippen molar-refractivity contribution in [2.24, 2.45) is 11.1 Å². The van der Waals surface area contributed by atoms with Crippen molar-refractivity contribution >= 4 is 0 Å². The summed E-state index contributed by atoms with van der Waals surface area (Å²) in [6.07, 6.45) is 10.7. The zero-order chi connectivity index (χ0) is 13.5. The summed E-state index contributed by atoms with van der Waals surface area (Å²) in [5, 5.41) is 0. The van der Waals surface area contributed by atoms with Crippen LogP contribution in [-0.2, 0) is 13.0 Å². The summed E-state index contributed by atoms with van der Waals surface area (Å²) in [7, 11) is 0. The van der Waals surface area contributed by atoms with Crippen molar-refractivity contribution in [3.8, 4) is 0 Å². The van der Waals surface area contributed by atoms with Crippen LogP contribution in [0.3, 0.4) is 0 Å². The molecule has 1 saturated carbocycles. The minimum Gasteiger partial charge on any atom is -0.348 e. The van der Waals surface area contributed by atoms with E-state index >= 15 is 0 Å². The van der Waals surface area contributed by atoms with Gasteiger partial charge in [-0.2, -0.15) is 0 Å². The largest absolute Gasteiger partial charge is 0.348 e. The second kappa shape index (κ2) is 4.97. The highest BCUT2D eigenvalue weighted by Gasteiger charge is 2.30. The standard InChI is InChI=1S/C17H28N2/c1-13-11-14-15(18)7-6-8-16(14)19(13)12-17(2)9-4-3-5-10-17/h11,15H,3-10,12,18H2,1-2H3. The van der Waals surface area contributed by atoms with Gasteiger partial charge in [-0.25, -0.2) is 0 Å². The van der Waals surface area contributed by atoms with Gasteiger partial charge in [-0.05, 0) is 56.1 Å². The number of aromatic nitrogens is 1. The van der Waals surface area contributed by atoms with E-state index in [4.69, 9.17) is 5.73 Å². The third kappa shape index (κ3) is 2.47. The minimum absolute atomic E-state index is 0.280. The lowest BCUT2D eigenvalue weighted by atomic mass is 9.75. The van der Waals surface area contributed by atoms with Gasteiger partial charge in [-0.1, -0.05) is 26.2 Å². The molecule has 0 amide bonds. The molecule has 2 aliphatic carbocycles. The summed E-state index contributed by atoms with van der Waals surface area (Å²) in [6, 6.07) is 2.63. The lowest BCUT2D eigenvalue weighted by Crippen LogP contribution is -2.28. The van der Waals surface area contributed by atoms with Gasteiger partial charge in [0.15, 0.2) is 0 Å². The summed E-state index contributed by atoms with van der Waals surface area (Å²) in [5.41, 5.74) is 11.2. The van der Waals surface area contributed by atoms with Gasteiger partial charge < -0.3 is 10.3 Å². The molecule has 2 N–H and O–H groups in total. The van der Waals surface area contributed by atoms with Crippen LogP contribution in [0.1, 0.15) is 74.9 Å². The molecule has 1 aromatic heterocycles. The van der Waals surface area contributed by atoms with E-state index in [-0.39, 0.29) is 6.04 Å². The number of aryl methyl sites for hydroxylation is 1. The molecule has 1 aromatic rings. The van der Waals surface area contributed by atoms with Crippen LogP contribution >= 0.6 is 0 Å². The summed E-state index contributed by atoms with van der Waals surface area (Å²) >= 11 is 0. The van der Waals surface area contributed by atoms with Gasteiger partial charge >= 0.3 is 0 Å². The van der Waals surface area contributed by atoms with Crippen LogP contribution in [0.25, 0.3) is 0 Å². The van der Waals surface area contributed by atoms with Crippen LogP contribution in [0, 0.1) is 12.3 Å². The Bertz CT molecular complexity index is 452. The maximum atomic E-state index is 6.28. The Balaban J connectivity index is 1.88. The van der Waals surface area contributed by atoms with E-state index in [0.29, 0.717) is 5.41 Å². The molecule has 0 saturated heterocycles. The Hall–Kier alpha value is -0.760. The molecule has 1 fully saturated rings. The van der Waals surface area contributed by atoms with Gasteiger partial charge in [0.25, 0.3) is 0 Å². The van der Waals surface area contributed by atoms with E-state index in [1.807, 2.05) is 0 Å². The van der Waals surface area contributed by atoms with Crippen LogP contribution in [0.5, 0.6) is 0 Å². The Morgan fingerprint density at radius 3 is 2.74 bits per heavy atom. The second-order valence-corrected chi connectivity index (χ2v) is 7.14. The van der Waals surface area contributed by atoms with Crippen molar-refractivity contribution in [1.82, 2.24) is 4.57 Å². The molecule has 1 heterocycles. The summed E-state index contributed by atoms with van der Waals surface area (Å²) in [6.45, 7) is 5.96. The Kier molecular flexibility index (Phi) is 3.46. The molecule has 0 bridgehead atoms. The second-order valence-electron chi connectivity index (χ2n) is 7.14. The number of rotatable bonds is 2. The molecule has 106 valence electrons. The lowest BCUT2D eigenvalue weighted by molar-refractivity contribution is 0.180. The molecule has 3 rings (SSSR count). The smallest absolute Gasteiger partial charge is 0.0313 e. The van der Waals surface area contributed by atoms with E-state index in [1.54, 1.807) is 5.69 Å². The summed E-state index contributed by atoms with van der Waals surface area (Å²) in [5.74, 6) is 0. The number of nitrogens with two attached hydrogens (primary N) is 1. The van der Waals surface area contributed by atoms with E-state index < -0.39 is 0 Å². The first-order valence-corrected chi connectivity index (χ1v) is 8.04. The Morgan fingerprint density at radius 1 is 1.26 bits per heavy atom. The van der Waals surface area contributed by atoms with Crippen LogP contribution in [0.15, 0.2) is 6.07 Å². The first-order chi connectivity index (χ1) is 9.09. The topological polar surface area (TPSA) is 30.9 Å². The number of hydrogen-bond donors (Lipinski definition) is 1. The van der Waals surface area contributed by atoms with Crippen LogP contribution in [0.2, 0.25) is 0 Å². The molecule has 2 heteroatoms. The number of nitrogens with zero attached hydrogens (tertiary/aromatic N) is 1. The highest BCUT2D eigenvalue weighted by Crippen LogP contribution is 2.39. The van der Waals surface area contributed by atoms with Crippen molar-refractivity contribution < 1.29 is 0 Å². The summed E-state index contributed by atoms with van der Waals surface area (Å²) in [4.78, 5) is 0. The van der Waals surface area contributed by atoms with Crippen molar-refractivity contribution in [3.63, 3.8) is 0 Å². The molecule has 19 heavy (non-hydrogen) atoms. The molecule has 2 nitrogen and oxygen atoms in total. The van der Waals surface area contributed by atoms with E-state index in [2.05, 4.69) is 24.5 Å². The van der Waals surface area contributed by atoms with Crippen molar-refractivity contribution in [2.45, 2.75) is 77.8 Å². The highest BCUT2D eigenvalue weighted by atomic mass is 15.0. The summed E-state index contributed by atoms with van der Waals surface area (Å²) < 4.78 is 2.60. The Morgan fingerprint density at radius 2 is 2.00 bits per heavy atom. The quantitative estimate of drug-likeness (QED) is 0.852. The maximum Gasteiger partial charge on any atom is 0.0313 e. The minimum atomic E-state index is 0.280. The predicted molar refractivity (Wildman–Crippen MR) is 80.2 cm³/mol. The van der Waals surface area contributed by atoms with Crippen LogP contribution < -0.4 is 5.73 Å². The van der Waals surface area contributed by atoms with E-state index in [1.165, 1.54) is 62.7 Å². The fourth-order valence-corrected chi connectivity index (χ4v) is 4.17. The number of fused-ring (bicyclic) bond motifs is 1. The van der Waals surface area contributed by atoms with Gasteiger partial charge in [0.2, 0.25) is 0 Å². The predicted octanol–water partition coefficient (Wildman–Crippen LogP) is 4.10. The Labute approximate surface area is 117 Å². The van der Waals surface area contributed by atoms with Crippen molar-refractivity contribution in [3.05, 3.63) is 23.0 Å². The molecule has 0 aliphatic heterocycles. The third-order valence-corrected chi connectivity index (χ3v) is 5.38. The maximum absolute atomic E-state index is 6.28. The average Bonchev–Trinajstić information content (AvgIpc) is 2.69. The fourth-order valence-electron chi connectivity index (χ4n) is 4.17. The fraction of sp³-hybridized carbons (Fsp3) is 0.765. The van der Waals surface area contributed by atoms with Crippen LogP contribution in [-0.4, -0.2) is 4.57 Å². The van der Waals surface area contributed by atoms with E-state index in [9.17, 15) is 0 Å². The normalized spacial score (nSPS) is 26.2. The molecular formula is C17H28N2. The average molecular weight is 260 g/mol. The van der Waals surface area contributed by atoms with Gasteiger partial charge in [0.1, 0.15) is 0 Å². The number of hydrogen-bond acceptors (Lipinski definition) is 1. The lowest BCUT2D eigenvalue weighted by Gasteiger charge is -2.35. The zero-order valence-corrected chi connectivity index (χ0v) is 12.5. The molecule has 0 spiro atoms. The monoisotopic (exact) mass is 260 g/mol. The van der Waals surface area contributed by atoms with Gasteiger partial charge in [-0.15, -0.1) is 0 Å². The first-order valence-electron chi connectivity index (χ1n) is 8.04. The molecule has 1 atom stereocenters. The molecule has 2 aliphatic rings. The molecule has 0 aromatic carbocycles.